The van der Waals surface area contributed by atoms with E-state index in [1.54, 1.807) is 0 Å². The van der Waals surface area contributed by atoms with Gasteiger partial charge in [0.05, 0.1) is 9.21 Å². The summed E-state index contributed by atoms with van der Waals surface area (Å²) in [5.41, 5.74) is 0. The molecule has 2 saturated heterocycles. The number of hydrogen-bond donors (Lipinski definition) is 0. The second-order valence-corrected chi connectivity index (χ2v) is 6.97. The van der Waals surface area contributed by atoms with Crippen molar-refractivity contribution in [2.75, 3.05) is 20.1 Å². The van der Waals surface area contributed by atoms with Gasteiger partial charge in [0, 0.05) is 18.6 Å². The van der Waals surface area contributed by atoms with Crippen molar-refractivity contribution in [1.82, 2.24) is 9.80 Å². The molecule has 2 atom stereocenters. The van der Waals surface area contributed by atoms with E-state index in [9.17, 15) is 4.79 Å². The molecule has 3 rings (SSSR count). The molecule has 2 bridgehead atoms. The van der Waals surface area contributed by atoms with Crippen LogP contribution in [0.25, 0.3) is 0 Å². The number of likely N-dealkylation sites (tertiary alicyclic amines) is 1. The smallest absolute Gasteiger partial charge is 0.264 e. The molecule has 98 valence electrons. The Morgan fingerprint density at radius 3 is 2.83 bits per heavy atom. The first-order valence-corrected chi connectivity index (χ1v) is 7.61. The first-order chi connectivity index (χ1) is 8.65. The Morgan fingerprint density at radius 1 is 1.33 bits per heavy atom. The van der Waals surface area contributed by atoms with Gasteiger partial charge in [0.25, 0.3) is 5.91 Å². The lowest BCUT2D eigenvalue weighted by molar-refractivity contribution is 0.0678. The molecule has 0 N–H and O–H groups in total. The summed E-state index contributed by atoms with van der Waals surface area (Å²) >= 11 is 7.32. The molecule has 0 saturated carbocycles. The maximum atomic E-state index is 12.6. The van der Waals surface area contributed by atoms with Crippen LogP contribution in [0.2, 0.25) is 4.34 Å². The van der Waals surface area contributed by atoms with Crippen molar-refractivity contribution in [3.8, 4) is 0 Å². The highest BCUT2D eigenvalue weighted by Gasteiger charge is 2.39. The Labute approximate surface area is 116 Å². The molecule has 0 aliphatic carbocycles. The minimum atomic E-state index is 0.176. The minimum Gasteiger partial charge on any atom is -0.331 e. The summed E-state index contributed by atoms with van der Waals surface area (Å²) in [7, 11) is 2.14. The van der Waals surface area contributed by atoms with E-state index in [0.717, 1.165) is 37.2 Å². The van der Waals surface area contributed by atoms with Crippen molar-refractivity contribution in [2.24, 2.45) is 0 Å². The second-order valence-electron chi connectivity index (χ2n) is 5.25. The van der Waals surface area contributed by atoms with Crippen LogP contribution >= 0.6 is 22.9 Å². The van der Waals surface area contributed by atoms with Gasteiger partial charge in [-0.05, 0) is 45.0 Å². The Hall–Kier alpha value is -0.580. The van der Waals surface area contributed by atoms with Gasteiger partial charge < -0.3 is 9.80 Å². The number of halogens is 1. The summed E-state index contributed by atoms with van der Waals surface area (Å²) in [6.07, 6.45) is 3.39. The Morgan fingerprint density at radius 2 is 2.11 bits per heavy atom. The third kappa shape index (κ3) is 2.17. The molecule has 0 unspecified atom stereocenters. The highest BCUT2D eigenvalue weighted by molar-refractivity contribution is 7.17. The molecule has 0 aromatic carbocycles. The van der Waals surface area contributed by atoms with Crippen LogP contribution < -0.4 is 0 Å². The number of carbonyl (C=O) groups is 1. The minimum absolute atomic E-state index is 0.176. The van der Waals surface area contributed by atoms with Gasteiger partial charge >= 0.3 is 0 Å². The zero-order valence-corrected chi connectivity index (χ0v) is 12.0. The molecule has 1 aromatic rings. The van der Waals surface area contributed by atoms with Crippen LogP contribution in [-0.4, -0.2) is 47.9 Å². The number of likely N-dealkylation sites (N-methyl/N-ethyl adjacent to an activating group) is 1. The van der Waals surface area contributed by atoms with Gasteiger partial charge in [-0.1, -0.05) is 11.6 Å². The van der Waals surface area contributed by atoms with Crippen molar-refractivity contribution in [1.29, 1.82) is 0 Å². The summed E-state index contributed by atoms with van der Waals surface area (Å²) in [6.45, 7) is 2.09. The van der Waals surface area contributed by atoms with Crippen LogP contribution in [0.4, 0.5) is 0 Å². The standard InChI is InChI=1S/C13H17ClN2OS/c1-15-7-6-9-2-3-10(8-15)16(9)13(17)11-4-5-12(14)18-11/h4-5,9-10H,2-3,6-8H2,1H3/t9-,10+/m1/s1. The van der Waals surface area contributed by atoms with Crippen molar-refractivity contribution < 1.29 is 4.79 Å². The first kappa shape index (κ1) is 12.5. The summed E-state index contributed by atoms with van der Waals surface area (Å²) in [5, 5.41) is 0. The number of carbonyl (C=O) groups excluding carboxylic acids is 1. The molecule has 0 spiro atoms. The molecule has 3 nitrogen and oxygen atoms in total. The zero-order valence-electron chi connectivity index (χ0n) is 10.4. The lowest BCUT2D eigenvalue weighted by atomic mass is 10.1. The van der Waals surface area contributed by atoms with Crippen LogP contribution in [-0.2, 0) is 0 Å². The Bertz CT molecular complexity index is 462. The number of fused-ring (bicyclic) bond motifs is 2. The Balaban J connectivity index is 1.85. The molecule has 2 aliphatic heterocycles. The van der Waals surface area contributed by atoms with Gasteiger partial charge in [-0.15, -0.1) is 11.3 Å². The number of amides is 1. The van der Waals surface area contributed by atoms with Crippen LogP contribution in [0, 0.1) is 0 Å². The number of hydrogen-bond acceptors (Lipinski definition) is 3. The lowest BCUT2D eigenvalue weighted by Crippen LogP contribution is -2.42. The predicted octanol–water partition coefficient (Wildman–Crippen LogP) is 2.71. The van der Waals surface area contributed by atoms with E-state index in [1.165, 1.54) is 11.3 Å². The quantitative estimate of drug-likeness (QED) is 0.792. The van der Waals surface area contributed by atoms with E-state index in [1.807, 2.05) is 12.1 Å². The number of thiophene rings is 1. The van der Waals surface area contributed by atoms with E-state index < -0.39 is 0 Å². The molecular formula is C13H17ClN2OS. The van der Waals surface area contributed by atoms with E-state index >= 15 is 0 Å². The summed E-state index contributed by atoms with van der Waals surface area (Å²) < 4.78 is 0.692. The third-order valence-electron chi connectivity index (χ3n) is 4.00. The summed E-state index contributed by atoms with van der Waals surface area (Å²) in [5.74, 6) is 0.176. The molecule has 3 heterocycles. The predicted molar refractivity (Wildman–Crippen MR) is 74.4 cm³/mol. The monoisotopic (exact) mass is 284 g/mol. The topological polar surface area (TPSA) is 23.6 Å². The molecule has 1 aromatic heterocycles. The van der Waals surface area contributed by atoms with E-state index in [-0.39, 0.29) is 5.91 Å². The normalized spacial score (nSPS) is 28.4. The summed E-state index contributed by atoms with van der Waals surface area (Å²) in [4.78, 5) is 17.8. The van der Waals surface area contributed by atoms with Crippen molar-refractivity contribution in [3.05, 3.63) is 21.3 Å². The van der Waals surface area contributed by atoms with E-state index in [0.29, 0.717) is 16.4 Å². The maximum absolute atomic E-state index is 12.6. The molecule has 5 heteroatoms. The highest BCUT2D eigenvalue weighted by Crippen LogP contribution is 2.33. The van der Waals surface area contributed by atoms with E-state index in [4.69, 9.17) is 11.6 Å². The van der Waals surface area contributed by atoms with Crippen molar-refractivity contribution in [2.45, 2.75) is 31.3 Å². The van der Waals surface area contributed by atoms with Crippen LogP contribution in [0.3, 0.4) is 0 Å². The highest BCUT2D eigenvalue weighted by atomic mass is 35.5. The molecule has 2 fully saturated rings. The molecule has 1 amide bonds. The zero-order chi connectivity index (χ0) is 12.7. The van der Waals surface area contributed by atoms with Gasteiger partial charge in [-0.2, -0.15) is 0 Å². The van der Waals surface area contributed by atoms with Crippen LogP contribution in [0.15, 0.2) is 12.1 Å². The van der Waals surface area contributed by atoms with Crippen molar-refractivity contribution >= 4 is 28.8 Å². The van der Waals surface area contributed by atoms with Gasteiger partial charge in [0.1, 0.15) is 0 Å². The van der Waals surface area contributed by atoms with Crippen LogP contribution in [0.1, 0.15) is 28.9 Å². The lowest BCUT2D eigenvalue weighted by Gasteiger charge is -2.27. The van der Waals surface area contributed by atoms with Gasteiger partial charge in [-0.25, -0.2) is 0 Å². The fourth-order valence-electron chi connectivity index (χ4n) is 3.13. The largest absolute Gasteiger partial charge is 0.331 e. The van der Waals surface area contributed by atoms with Gasteiger partial charge in [0.2, 0.25) is 0 Å². The Kier molecular flexibility index (Phi) is 3.34. The average Bonchev–Trinajstić information content (AvgIpc) is 2.87. The fraction of sp³-hybridized carbons (Fsp3) is 0.615. The number of rotatable bonds is 1. The fourth-order valence-corrected chi connectivity index (χ4v) is 4.12. The molecule has 2 aliphatic rings. The average molecular weight is 285 g/mol. The third-order valence-corrected chi connectivity index (χ3v) is 5.22. The SMILES string of the molecule is CN1CC[C@H]2CC[C@@H](C1)N2C(=O)c1ccc(Cl)s1. The second kappa shape index (κ2) is 4.83. The van der Waals surface area contributed by atoms with Crippen LogP contribution in [0.5, 0.6) is 0 Å². The number of nitrogens with zero attached hydrogens (tertiary/aromatic N) is 2. The molecular weight excluding hydrogens is 268 g/mol. The van der Waals surface area contributed by atoms with E-state index in [2.05, 4.69) is 16.8 Å². The molecule has 0 radical (unpaired) electrons. The van der Waals surface area contributed by atoms with Gasteiger partial charge in [-0.3, -0.25) is 4.79 Å². The summed E-state index contributed by atoms with van der Waals surface area (Å²) in [6, 6.07) is 4.47. The maximum Gasteiger partial charge on any atom is 0.264 e. The molecule has 18 heavy (non-hydrogen) atoms. The first-order valence-electron chi connectivity index (χ1n) is 6.41. The van der Waals surface area contributed by atoms with Crippen molar-refractivity contribution in [3.63, 3.8) is 0 Å². The van der Waals surface area contributed by atoms with Gasteiger partial charge in [0.15, 0.2) is 0 Å².